The first-order valence-corrected chi connectivity index (χ1v) is 6.37. The molecule has 7 heteroatoms. The van der Waals surface area contributed by atoms with Gasteiger partial charge in [-0.2, -0.15) is 0 Å². The average Bonchev–Trinajstić information content (AvgIpc) is 3.04. The van der Waals surface area contributed by atoms with Crippen LogP contribution in [0.3, 0.4) is 0 Å². The van der Waals surface area contributed by atoms with Crippen molar-refractivity contribution in [3.63, 3.8) is 0 Å². The first-order chi connectivity index (χ1) is 10.2. The Balaban J connectivity index is 1.93. The van der Waals surface area contributed by atoms with E-state index in [1.807, 2.05) is 18.2 Å². The lowest BCUT2D eigenvalue weighted by molar-refractivity contribution is 0.354. The molecule has 0 saturated heterocycles. The molecular weight excluding hydrogens is 272 g/mol. The molecule has 0 fully saturated rings. The van der Waals surface area contributed by atoms with Crippen LogP contribution in [0.1, 0.15) is 11.3 Å². The minimum absolute atomic E-state index is 0.341. The molecular formula is C14H18N4O3. The van der Waals surface area contributed by atoms with Gasteiger partial charge in [-0.1, -0.05) is 11.2 Å². The van der Waals surface area contributed by atoms with E-state index in [4.69, 9.17) is 19.7 Å². The highest BCUT2D eigenvalue weighted by Gasteiger charge is 2.04. The van der Waals surface area contributed by atoms with Crippen molar-refractivity contribution in [2.45, 2.75) is 13.1 Å². The molecule has 21 heavy (non-hydrogen) atoms. The summed E-state index contributed by atoms with van der Waals surface area (Å²) < 4.78 is 15.2. The Kier molecular flexibility index (Phi) is 5.03. The summed E-state index contributed by atoms with van der Waals surface area (Å²) in [6.07, 6.45) is 1.51. The number of guanidine groups is 1. The molecule has 0 bridgehead atoms. The van der Waals surface area contributed by atoms with Crippen molar-refractivity contribution in [1.29, 1.82) is 0 Å². The van der Waals surface area contributed by atoms with Crippen LogP contribution in [-0.4, -0.2) is 25.3 Å². The van der Waals surface area contributed by atoms with E-state index in [1.165, 1.54) is 6.26 Å². The highest BCUT2D eigenvalue weighted by Crippen LogP contribution is 2.27. The van der Waals surface area contributed by atoms with Gasteiger partial charge in [0.2, 0.25) is 0 Å². The second-order valence-electron chi connectivity index (χ2n) is 4.24. The number of rotatable bonds is 6. The van der Waals surface area contributed by atoms with Crippen LogP contribution < -0.4 is 20.5 Å². The number of nitrogens with zero attached hydrogens (tertiary/aromatic N) is 2. The lowest BCUT2D eigenvalue weighted by Crippen LogP contribution is -2.31. The van der Waals surface area contributed by atoms with Crippen molar-refractivity contribution in [2.75, 3.05) is 14.2 Å². The maximum atomic E-state index is 5.79. The van der Waals surface area contributed by atoms with Crippen molar-refractivity contribution in [2.24, 2.45) is 10.7 Å². The topological polar surface area (TPSA) is 94.9 Å². The fraction of sp³-hybridized carbons (Fsp3) is 0.286. The van der Waals surface area contributed by atoms with Gasteiger partial charge in [0.05, 0.1) is 27.3 Å². The van der Waals surface area contributed by atoms with Crippen LogP contribution in [0.2, 0.25) is 0 Å². The molecule has 0 spiro atoms. The maximum Gasteiger partial charge on any atom is 0.189 e. The molecule has 1 heterocycles. The molecule has 0 aliphatic rings. The molecule has 0 amide bonds. The molecule has 0 unspecified atom stereocenters. The zero-order valence-electron chi connectivity index (χ0n) is 12.0. The summed E-state index contributed by atoms with van der Waals surface area (Å²) in [6, 6.07) is 7.38. The van der Waals surface area contributed by atoms with Crippen LogP contribution in [0.15, 0.2) is 40.0 Å². The van der Waals surface area contributed by atoms with Crippen LogP contribution >= 0.6 is 0 Å². The van der Waals surface area contributed by atoms with Gasteiger partial charge in [-0.05, 0) is 17.7 Å². The van der Waals surface area contributed by atoms with Crippen molar-refractivity contribution in [3.8, 4) is 11.5 Å². The lowest BCUT2D eigenvalue weighted by Gasteiger charge is -2.09. The fourth-order valence-corrected chi connectivity index (χ4v) is 1.72. The third-order valence-electron chi connectivity index (χ3n) is 2.82. The van der Waals surface area contributed by atoms with E-state index in [0.29, 0.717) is 30.5 Å². The van der Waals surface area contributed by atoms with Gasteiger partial charge < -0.3 is 25.0 Å². The number of nitrogens with one attached hydrogen (secondary N) is 1. The van der Waals surface area contributed by atoms with E-state index in [1.54, 1.807) is 20.3 Å². The van der Waals surface area contributed by atoms with E-state index in [2.05, 4.69) is 15.5 Å². The molecule has 0 radical (unpaired) electrons. The van der Waals surface area contributed by atoms with Gasteiger partial charge in [-0.15, -0.1) is 0 Å². The molecule has 112 valence electrons. The van der Waals surface area contributed by atoms with Gasteiger partial charge in [-0.25, -0.2) is 4.99 Å². The largest absolute Gasteiger partial charge is 0.493 e. The molecule has 1 aromatic heterocycles. The van der Waals surface area contributed by atoms with Gasteiger partial charge in [-0.3, -0.25) is 0 Å². The molecule has 2 aromatic rings. The van der Waals surface area contributed by atoms with Crippen molar-refractivity contribution in [1.82, 2.24) is 10.5 Å². The minimum Gasteiger partial charge on any atom is -0.493 e. The molecule has 1 aromatic carbocycles. The molecule has 0 saturated carbocycles. The van der Waals surface area contributed by atoms with Crippen LogP contribution in [0.5, 0.6) is 11.5 Å². The second kappa shape index (κ2) is 7.18. The van der Waals surface area contributed by atoms with Crippen molar-refractivity contribution < 1.29 is 14.0 Å². The van der Waals surface area contributed by atoms with Gasteiger partial charge in [0.25, 0.3) is 0 Å². The monoisotopic (exact) mass is 290 g/mol. The number of aliphatic imine (C=N–C) groups is 1. The zero-order chi connectivity index (χ0) is 15.1. The Morgan fingerprint density at radius 2 is 2.10 bits per heavy atom. The van der Waals surface area contributed by atoms with Gasteiger partial charge in [0.15, 0.2) is 17.5 Å². The number of hydrogen-bond donors (Lipinski definition) is 2. The Morgan fingerprint density at radius 1 is 1.29 bits per heavy atom. The van der Waals surface area contributed by atoms with Crippen molar-refractivity contribution in [3.05, 3.63) is 41.8 Å². The fourth-order valence-electron chi connectivity index (χ4n) is 1.72. The minimum atomic E-state index is 0.341. The summed E-state index contributed by atoms with van der Waals surface area (Å²) >= 11 is 0. The summed E-state index contributed by atoms with van der Waals surface area (Å²) in [6.45, 7) is 0.912. The standard InChI is InChI=1S/C14H18N4O3/c1-19-12-4-3-10(7-13(12)20-2)8-16-14(15)17-9-11-5-6-21-18-11/h3-7H,8-9H2,1-2H3,(H3,15,16,17). The lowest BCUT2D eigenvalue weighted by atomic mass is 10.2. The van der Waals surface area contributed by atoms with E-state index >= 15 is 0 Å². The average molecular weight is 290 g/mol. The number of benzene rings is 1. The normalized spacial score (nSPS) is 11.2. The summed E-state index contributed by atoms with van der Waals surface area (Å²) in [4.78, 5) is 4.25. The second-order valence-corrected chi connectivity index (χ2v) is 4.24. The SMILES string of the molecule is COc1ccc(CN=C(N)NCc2ccon2)cc1OC. The van der Waals surface area contributed by atoms with E-state index in [-0.39, 0.29) is 0 Å². The van der Waals surface area contributed by atoms with Crippen molar-refractivity contribution >= 4 is 5.96 Å². The number of methoxy groups -OCH3 is 2. The number of ether oxygens (including phenoxy) is 2. The summed E-state index contributed by atoms with van der Waals surface area (Å²) in [5.41, 5.74) is 7.52. The molecule has 3 N–H and O–H groups in total. The highest BCUT2D eigenvalue weighted by molar-refractivity contribution is 5.77. The summed E-state index contributed by atoms with van der Waals surface area (Å²) in [7, 11) is 3.19. The van der Waals surface area contributed by atoms with E-state index < -0.39 is 0 Å². The number of aromatic nitrogens is 1. The van der Waals surface area contributed by atoms with Crippen LogP contribution in [0, 0.1) is 0 Å². The predicted octanol–water partition coefficient (Wildman–Crippen LogP) is 1.30. The first kappa shape index (κ1) is 14.7. The first-order valence-electron chi connectivity index (χ1n) is 6.37. The molecule has 2 rings (SSSR count). The Hall–Kier alpha value is -2.70. The zero-order valence-corrected chi connectivity index (χ0v) is 12.0. The Labute approximate surface area is 122 Å². The smallest absolute Gasteiger partial charge is 0.189 e. The van der Waals surface area contributed by atoms with Gasteiger partial charge in [0, 0.05) is 6.07 Å². The molecule has 0 aliphatic heterocycles. The Bertz CT molecular complexity index is 596. The van der Waals surface area contributed by atoms with Crippen LogP contribution in [-0.2, 0) is 13.1 Å². The van der Waals surface area contributed by atoms with E-state index in [0.717, 1.165) is 11.3 Å². The number of nitrogens with two attached hydrogens (primary N) is 1. The van der Waals surface area contributed by atoms with Gasteiger partial charge in [0.1, 0.15) is 12.0 Å². The molecule has 0 atom stereocenters. The Morgan fingerprint density at radius 3 is 2.76 bits per heavy atom. The van der Waals surface area contributed by atoms with Crippen LogP contribution in [0.4, 0.5) is 0 Å². The quantitative estimate of drug-likeness (QED) is 0.615. The summed E-state index contributed by atoms with van der Waals surface area (Å²) in [5.74, 6) is 1.69. The maximum absolute atomic E-state index is 5.79. The molecule has 7 nitrogen and oxygen atoms in total. The van der Waals surface area contributed by atoms with Gasteiger partial charge >= 0.3 is 0 Å². The summed E-state index contributed by atoms with van der Waals surface area (Å²) in [5, 5.41) is 6.73. The highest BCUT2D eigenvalue weighted by atomic mass is 16.5. The molecule has 0 aliphatic carbocycles. The third kappa shape index (κ3) is 4.13. The van der Waals surface area contributed by atoms with Crippen LogP contribution in [0.25, 0.3) is 0 Å². The van der Waals surface area contributed by atoms with E-state index in [9.17, 15) is 0 Å². The third-order valence-corrected chi connectivity index (χ3v) is 2.82. The predicted molar refractivity (Wildman–Crippen MR) is 78.2 cm³/mol. The number of hydrogen-bond acceptors (Lipinski definition) is 5.